The average Bonchev–Trinajstić information content (AvgIpc) is 3.16. The van der Waals surface area contributed by atoms with Crippen LogP contribution in [0.1, 0.15) is 33.3 Å². The summed E-state index contributed by atoms with van der Waals surface area (Å²) in [6.45, 7) is 8.27. The van der Waals surface area contributed by atoms with Gasteiger partial charge in [-0.3, -0.25) is 9.59 Å². The minimum Gasteiger partial charge on any atom is -0.465 e. The largest absolute Gasteiger partial charge is 0.465 e. The molecule has 2 aromatic carbocycles. The van der Waals surface area contributed by atoms with Crippen molar-refractivity contribution in [2.45, 2.75) is 38.3 Å². The van der Waals surface area contributed by atoms with Crippen LogP contribution in [-0.2, 0) is 19.7 Å². The van der Waals surface area contributed by atoms with Gasteiger partial charge in [0.15, 0.2) is 5.82 Å². The van der Waals surface area contributed by atoms with E-state index in [1.165, 1.54) is 15.1 Å². The van der Waals surface area contributed by atoms with E-state index in [-0.39, 0.29) is 30.2 Å². The van der Waals surface area contributed by atoms with Crippen molar-refractivity contribution in [3.05, 3.63) is 60.2 Å². The number of nitrogens with zero attached hydrogens (tertiary/aromatic N) is 4. The molecule has 3 rings (SSSR count). The highest BCUT2D eigenvalue weighted by Crippen LogP contribution is 2.27. The second-order valence-corrected chi connectivity index (χ2v) is 9.36. The molecule has 0 aliphatic heterocycles. The molecule has 0 spiro atoms. The lowest BCUT2D eigenvalue weighted by atomic mass is 9.87. The summed E-state index contributed by atoms with van der Waals surface area (Å²) in [5, 5.41) is 8.75. The van der Waals surface area contributed by atoms with E-state index in [1.54, 1.807) is 19.1 Å². The van der Waals surface area contributed by atoms with E-state index in [2.05, 4.69) is 31.0 Å². The molecule has 0 radical (unpaired) electrons. The Bertz CT molecular complexity index is 1090. The average molecular weight is 468 g/mol. The highest BCUT2D eigenvalue weighted by Gasteiger charge is 2.22. The Morgan fingerprint density at radius 1 is 1.06 bits per heavy atom. The molecule has 0 saturated carbocycles. The second-order valence-electron chi connectivity index (χ2n) is 8.41. The lowest BCUT2D eigenvalue weighted by Gasteiger charge is -2.21. The number of thioether (sulfide) groups is 1. The number of ether oxygens (including phenoxy) is 1. The zero-order valence-electron chi connectivity index (χ0n) is 19.3. The molecular formula is C24H29N5O3S. The standard InChI is InChI=1S/C24H29N5O3S/c1-5-32-21(31)15-28(19-9-7-6-8-10-19)20(30)16-33-23-27-26-22(29(23)25)17-11-13-18(14-12-17)24(2,3)4/h6-14H,5,15-16,25H2,1-4H3. The topological polar surface area (TPSA) is 103 Å². The molecule has 8 nitrogen and oxygen atoms in total. The molecule has 9 heteroatoms. The van der Waals surface area contributed by atoms with E-state index in [1.807, 2.05) is 42.5 Å². The quantitative estimate of drug-likeness (QED) is 0.306. The van der Waals surface area contributed by atoms with Gasteiger partial charge < -0.3 is 15.5 Å². The van der Waals surface area contributed by atoms with Gasteiger partial charge in [-0.15, -0.1) is 10.2 Å². The van der Waals surface area contributed by atoms with E-state index >= 15 is 0 Å². The Morgan fingerprint density at radius 2 is 1.73 bits per heavy atom. The van der Waals surface area contributed by atoms with Gasteiger partial charge in [-0.1, -0.05) is 75.0 Å². The first-order valence-corrected chi connectivity index (χ1v) is 11.6. The molecule has 1 amide bonds. The Kier molecular flexibility index (Phi) is 7.75. The number of benzene rings is 2. The first kappa shape index (κ1) is 24.3. The molecule has 3 aromatic rings. The second kappa shape index (κ2) is 10.5. The summed E-state index contributed by atoms with van der Waals surface area (Å²) in [5.41, 5.74) is 2.70. The summed E-state index contributed by atoms with van der Waals surface area (Å²) in [7, 11) is 0. The molecule has 0 aliphatic carbocycles. The number of hydrogen-bond donors (Lipinski definition) is 1. The fourth-order valence-electron chi connectivity index (χ4n) is 3.16. The third kappa shape index (κ3) is 6.13. The minimum absolute atomic E-state index is 0.0343. The van der Waals surface area contributed by atoms with Crippen molar-refractivity contribution in [1.82, 2.24) is 14.9 Å². The summed E-state index contributed by atoms with van der Waals surface area (Å²) in [4.78, 5) is 26.4. The summed E-state index contributed by atoms with van der Waals surface area (Å²) in [6.07, 6.45) is 0. The SMILES string of the molecule is CCOC(=O)CN(C(=O)CSc1nnc(-c2ccc(C(C)(C)C)cc2)n1N)c1ccccc1. The van der Waals surface area contributed by atoms with Gasteiger partial charge in [-0.05, 0) is 30.0 Å². The Balaban J connectivity index is 1.72. The van der Waals surface area contributed by atoms with Crippen molar-refractivity contribution < 1.29 is 14.3 Å². The number of esters is 1. The number of aromatic nitrogens is 3. The van der Waals surface area contributed by atoms with Crippen LogP contribution < -0.4 is 10.7 Å². The maximum Gasteiger partial charge on any atom is 0.326 e. The summed E-state index contributed by atoms with van der Waals surface area (Å²) in [5.74, 6) is 6.03. The molecule has 0 bridgehead atoms. The van der Waals surface area contributed by atoms with Crippen LogP contribution >= 0.6 is 11.8 Å². The lowest BCUT2D eigenvalue weighted by Crippen LogP contribution is -2.37. The molecule has 0 unspecified atom stereocenters. The molecule has 1 heterocycles. The van der Waals surface area contributed by atoms with E-state index in [9.17, 15) is 9.59 Å². The Morgan fingerprint density at radius 3 is 2.33 bits per heavy atom. The number of carbonyl (C=O) groups is 2. The van der Waals surface area contributed by atoms with Gasteiger partial charge >= 0.3 is 5.97 Å². The Hall–Kier alpha value is -3.33. The van der Waals surface area contributed by atoms with Crippen LogP contribution in [0.5, 0.6) is 0 Å². The number of nitrogens with two attached hydrogens (primary N) is 1. The minimum atomic E-state index is -0.470. The van der Waals surface area contributed by atoms with Crippen LogP contribution in [-0.4, -0.2) is 45.7 Å². The molecule has 1 aromatic heterocycles. The summed E-state index contributed by atoms with van der Waals surface area (Å²) < 4.78 is 6.40. The number of hydrogen-bond acceptors (Lipinski definition) is 7. The summed E-state index contributed by atoms with van der Waals surface area (Å²) in [6, 6.07) is 17.0. The van der Waals surface area contributed by atoms with E-state index < -0.39 is 5.97 Å². The van der Waals surface area contributed by atoms with Gasteiger partial charge in [0, 0.05) is 11.3 Å². The number of para-hydroxylation sites is 1. The van der Waals surface area contributed by atoms with Gasteiger partial charge in [-0.2, -0.15) is 0 Å². The molecule has 0 aliphatic rings. The molecule has 33 heavy (non-hydrogen) atoms. The highest BCUT2D eigenvalue weighted by molar-refractivity contribution is 7.99. The van der Waals surface area contributed by atoms with E-state index in [4.69, 9.17) is 10.6 Å². The predicted molar refractivity (Wildman–Crippen MR) is 130 cm³/mol. The van der Waals surface area contributed by atoms with Crippen LogP contribution in [0.3, 0.4) is 0 Å². The Labute approximate surface area is 198 Å². The van der Waals surface area contributed by atoms with E-state index in [0.717, 1.165) is 17.3 Å². The highest BCUT2D eigenvalue weighted by atomic mass is 32.2. The van der Waals surface area contributed by atoms with Gasteiger partial charge in [-0.25, -0.2) is 4.68 Å². The van der Waals surface area contributed by atoms with Crippen molar-refractivity contribution in [1.29, 1.82) is 0 Å². The van der Waals surface area contributed by atoms with Crippen LogP contribution in [0.2, 0.25) is 0 Å². The number of carbonyl (C=O) groups excluding carboxylic acids is 2. The fourth-order valence-corrected chi connectivity index (χ4v) is 3.90. The third-order valence-electron chi connectivity index (χ3n) is 4.96. The predicted octanol–water partition coefficient (Wildman–Crippen LogP) is 3.64. The smallest absolute Gasteiger partial charge is 0.326 e. The van der Waals surface area contributed by atoms with E-state index in [0.29, 0.717) is 16.7 Å². The van der Waals surface area contributed by atoms with Gasteiger partial charge in [0.1, 0.15) is 6.54 Å². The van der Waals surface area contributed by atoms with Gasteiger partial charge in [0.25, 0.3) is 0 Å². The van der Waals surface area contributed by atoms with Crippen molar-refractivity contribution in [3.63, 3.8) is 0 Å². The molecule has 0 atom stereocenters. The number of anilines is 1. The maximum atomic E-state index is 13.0. The van der Waals surface area contributed by atoms with Gasteiger partial charge in [0.05, 0.1) is 12.4 Å². The van der Waals surface area contributed by atoms with Crippen molar-refractivity contribution >= 4 is 29.3 Å². The molecule has 0 fully saturated rings. The van der Waals surface area contributed by atoms with Crippen LogP contribution in [0, 0.1) is 0 Å². The molecule has 174 valence electrons. The molecular weight excluding hydrogens is 438 g/mol. The van der Waals surface area contributed by atoms with Crippen LogP contribution in [0.15, 0.2) is 59.8 Å². The van der Waals surface area contributed by atoms with Crippen LogP contribution in [0.25, 0.3) is 11.4 Å². The number of amides is 1. The summed E-state index contributed by atoms with van der Waals surface area (Å²) >= 11 is 1.16. The zero-order chi connectivity index (χ0) is 24.0. The molecule has 2 N–H and O–H groups in total. The van der Waals surface area contributed by atoms with Crippen LogP contribution in [0.4, 0.5) is 5.69 Å². The van der Waals surface area contributed by atoms with Crippen molar-refractivity contribution in [3.8, 4) is 11.4 Å². The fraction of sp³-hybridized carbons (Fsp3) is 0.333. The monoisotopic (exact) mass is 467 g/mol. The number of rotatable bonds is 8. The lowest BCUT2D eigenvalue weighted by molar-refractivity contribution is -0.142. The first-order valence-electron chi connectivity index (χ1n) is 10.7. The zero-order valence-corrected chi connectivity index (χ0v) is 20.1. The first-order chi connectivity index (χ1) is 15.7. The van der Waals surface area contributed by atoms with Gasteiger partial charge in [0.2, 0.25) is 11.1 Å². The molecule has 0 saturated heterocycles. The maximum absolute atomic E-state index is 13.0. The van der Waals surface area contributed by atoms with Crippen molar-refractivity contribution in [2.24, 2.45) is 0 Å². The number of nitrogen functional groups attached to an aromatic ring is 1. The third-order valence-corrected chi connectivity index (χ3v) is 5.89. The normalized spacial score (nSPS) is 11.3. The van der Waals surface area contributed by atoms with Crippen molar-refractivity contribution in [2.75, 3.05) is 29.6 Å².